The van der Waals surface area contributed by atoms with E-state index in [-0.39, 0.29) is 0 Å². The molecule has 0 aliphatic carbocycles. The number of pyridine rings is 1. The fourth-order valence-corrected chi connectivity index (χ4v) is 8.58. The van der Waals surface area contributed by atoms with Gasteiger partial charge in [0.2, 0.25) is 0 Å². The topological polar surface area (TPSA) is 75.3 Å². The summed E-state index contributed by atoms with van der Waals surface area (Å²) < 4.78 is 6.86. The molecule has 6 nitrogen and oxygen atoms in total. The lowest BCUT2D eigenvalue weighted by atomic mass is 10.0. The Morgan fingerprint density at radius 2 is 0.945 bits per heavy atom. The first kappa shape index (κ1) is 30.7. The molecular formula is C49H28N6. The van der Waals surface area contributed by atoms with Crippen molar-refractivity contribution in [1.82, 2.24) is 18.7 Å². The maximum atomic E-state index is 10.3. The molecule has 0 fully saturated rings. The molecule has 0 saturated heterocycles. The van der Waals surface area contributed by atoms with E-state index in [0.29, 0.717) is 11.1 Å². The van der Waals surface area contributed by atoms with Gasteiger partial charge in [-0.1, -0.05) is 66.7 Å². The Morgan fingerprint density at radius 1 is 0.364 bits per heavy atom. The number of hydrogen-bond acceptors (Lipinski definition) is 3. The van der Waals surface area contributed by atoms with Crippen molar-refractivity contribution in [3.8, 4) is 40.3 Å². The van der Waals surface area contributed by atoms with Crippen LogP contribution in [0.15, 0.2) is 170 Å². The van der Waals surface area contributed by atoms with Crippen molar-refractivity contribution in [2.75, 3.05) is 0 Å². The first-order valence-corrected chi connectivity index (χ1v) is 18.1. The van der Waals surface area contributed by atoms with E-state index in [1.54, 1.807) is 0 Å². The number of nitriles is 2. The smallest absolute Gasteiger partial charge is 0.0992 e. The Balaban J connectivity index is 1.13. The molecule has 0 atom stereocenters. The zero-order valence-corrected chi connectivity index (χ0v) is 29.3. The number of aromatic nitrogens is 4. The maximum Gasteiger partial charge on any atom is 0.0992 e. The molecule has 11 aromatic rings. The fraction of sp³-hybridized carbons (Fsp3) is 0. The Hall–Kier alpha value is -7.93. The summed E-state index contributed by atoms with van der Waals surface area (Å²) in [6.07, 6.45) is 3.81. The van der Waals surface area contributed by atoms with Crippen LogP contribution in [0.4, 0.5) is 0 Å². The van der Waals surface area contributed by atoms with Gasteiger partial charge in [0.1, 0.15) is 0 Å². The van der Waals surface area contributed by atoms with E-state index in [9.17, 15) is 10.5 Å². The van der Waals surface area contributed by atoms with E-state index in [1.807, 2.05) is 54.9 Å². The lowest BCUT2D eigenvalue weighted by Crippen LogP contribution is -1.97. The van der Waals surface area contributed by atoms with Crippen molar-refractivity contribution in [2.45, 2.75) is 0 Å². The highest BCUT2D eigenvalue weighted by Crippen LogP contribution is 2.40. The zero-order valence-electron chi connectivity index (χ0n) is 29.3. The van der Waals surface area contributed by atoms with Crippen LogP contribution in [0, 0.1) is 22.7 Å². The summed E-state index contributed by atoms with van der Waals surface area (Å²) in [5.74, 6) is 0. The third-order valence-corrected chi connectivity index (χ3v) is 10.9. The number of rotatable bonds is 4. The molecule has 0 N–H and O–H groups in total. The van der Waals surface area contributed by atoms with Gasteiger partial charge in [-0.3, -0.25) is 4.98 Å². The highest BCUT2D eigenvalue weighted by atomic mass is 15.0. The van der Waals surface area contributed by atoms with Crippen LogP contribution in [0.5, 0.6) is 0 Å². The summed E-state index contributed by atoms with van der Waals surface area (Å²) in [7, 11) is 0. The average Bonchev–Trinajstić information content (AvgIpc) is 3.88. The molecule has 0 saturated carbocycles. The Bertz CT molecular complexity index is 3460. The number of hydrogen-bond donors (Lipinski definition) is 0. The van der Waals surface area contributed by atoms with Gasteiger partial charge in [0.25, 0.3) is 0 Å². The van der Waals surface area contributed by atoms with E-state index in [4.69, 9.17) is 0 Å². The van der Waals surface area contributed by atoms with Crippen molar-refractivity contribution in [3.63, 3.8) is 0 Å². The highest BCUT2D eigenvalue weighted by Gasteiger charge is 2.20. The predicted molar refractivity (Wildman–Crippen MR) is 222 cm³/mol. The van der Waals surface area contributed by atoms with E-state index in [0.717, 1.165) is 82.8 Å². The van der Waals surface area contributed by atoms with Gasteiger partial charge < -0.3 is 13.7 Å². The standard InChI is InChI=1S/C49H28N6/c50-28-31-17-18-46-41(23-31)38-13-4-7-16-45(38)55(46)37-22-32(29-51)21-34(25-37)33-9-8-12-36(24-33)54-48-26-42-39-14-5-6-15-44(39)53(35-10-2-1-3-11-35)47(42)27-43(48)40-19-20-52-30-49(40)54/h1-27,30H. The van der Waals surface area contributed by atoms with E-state index >= 15 is 0 Å². The molecule has 0 aliphatic rings. The molecular weight excluding hydrogens is 673 g/mol. The molecule has 0 amide bonds. The van der Waals surface area contributed by atoms with E-state index < -0.39 is 0 Å². The Kier molecular flexibility index (Phi) is 6.58. The first-order valence-electron chi connectivity index (χ1n) is 18.1. The van der Waals surface area contributed by atoms with Gasteiger partial charge in [-0.15, -0.1) is 0 Å². The summed E-state index contributed by atoms with van der Waals surface area (Å²) in [4.78, 5) is 4.59. The average molecular weight is 701 g/mol. The lowest BCUT2D eigenvalue weighted by Gasteiger charge is -2.13. The summed E-state index contributed by atoms with van der Waals surface area (Å²) in [5.41, 5.74) is 12.5. The minimum atomic E-state index is 0.566. The van der Waals surface area contributed by atoms with Crippen LogP contribution >= 0.6 is 0 Å². The Morgan fingerprint density at radius 3 is 1.67 bits per heavy atom. The van der Waals surface area contributed by atoms with Gasteiger partial charge >= 0.3 is 0 Å². The minimum absolute atomic E-state index is 0.566. The van der Waals surface area contributed by atoms with Crippen molar-refractivity contribution in [3.05, 3.63) is 181 Å². The molecule has 0 radical (unpaired) electrons. The van der Waals surface area contributed by atoms with Gasteiger partial charge in [-0.2, -0.15) is 10.5 Å². The molecule has 55 heavy (non-hydrogen) atoms. The third-order valence-electron chi connectivity index (χ3n) is 10.9. The first-order chi connectivity index (χ1) is 27.2. The molecule has 7 aromatic carbocycles. The maximum absolute atomic E-state index is 10.3. The summed E-state index contributed by atoms with van der Waals surface area (Å²) in [6, 6.07) is 59.2. The third kappa shape index (κ3) is 4.56. The molecule has 0 bridgehead atoms. The van der Waals surface area contributed by atoms with Crippen molar-refractivity contribution < 1.29 is 0 Å². The monoisotopic (exact) mass is 700 g/mol. The molecule has 0 aliphatic heterocycles. The fourth-order valence-electron chi connectivity index (χ4n) is 8.58. The van der Waals surface area contributed by atoms with Gasteiger partial charge in [0, 0.05) is 55.6 Å². The van der Waals surface area contributed by atoms with Crippen LogP contribution in [-0.2, 0) is 0 Å². The second-order valence-electron chi connectivity index (χ2n) is 13.9. The minimum Gasteiger partial charge on any atom is -0.309 e. The second-order valence-corrected chi connectivity index (χ2v) is 13.9. The summed E-state index contributed by atoms with van der Waals surface area (Å²) in [6.45, 7) is 0. The molecule has 4 aromatic heterocycles. The molecule has 6 heteroatoms. The number of nitrogens with zero attached hydrogens (tertiary/aromatic N) is 6. The van der Waals surface area contributed by atoms with Crippen LogP contribution < -0.4 is 0 Å². The van der Waals surface area contributed by atoms with E-state index in [2.05, 4.69) is 146 Å². The molecule has 254 valence electrons. The van der Waals surface area contributed by atoms with Gasteiger partial charge in [0.05, 0.1) is 62.6 Å². The Labute approximate surface area is 315 Å². The molecule has 0 spiro atoms. The van der Waals surface area contributed by atoms with Crippen molar-refractivity contribution in [2.24, 2.45) is 0 Å². The van der Waals surface area contributed by atoms with Crippen molar-refractivity contribution in [1.29, 1.82) is 10.5 Å². The van der Waals surface area contributed by atoms with E-state index in [1.165, 1.54) is 10.8 Å². The highest BCUT2D eigenvalue weighted by molar-refractivity contribution is 6.19. The van der Waals surface area contributed by atoms with Crippen LogP contribution in [0.3, 0.4) is 0 Å². The quantitative estimate of drug-likeness (QED) is 0.183. The van der Waals surface area contributed by atoms with Crippen LogP contribution in [0.25, 0.3) is 93.6 Å². The second kappa shape index (κ2) is 11.8. The summed E-state index contributed by atoms with van der Waals surface area (Å²) in [5, 5.41) is 26.7. The van der Waals surface area contributed by atoms with Gasteiger partial charge in [0.15, 0.2) is 0 Å². The number of fused-ring (bicyclic) bond motifs is 9. The largest absolute Gasteiger partial charge is 0.309 e. The zero-order chi connectivity index (χ0) is 36.6. The normalized spacial score (nSPS) is 11.6. The summed E-state index contributed by atoms with van der Waals surface area (Å²) >= 11 is 0. The molecule has 0 unspecified atom stereocenters. The number of para-hydroxylation sites is 3. The lowest BCUT2D eigenvalue weighted by molar-refractivity contribution is 1.16. The van der Waals surface area contributed by atoms with Gasteiger partial charge in [-0.05, 0) is 102 Å². The SMILES string of the molecule is N#Cc1cc(-c2cccc(-n3c4cnccc4c4cc5c(cc43)c3ccccc3n5-c3ccccc3)c2)cc(-n2c3ccccc3c3cc(C#N)ccc32)c1. The van der Waals surface area contributed by atoms with Crippen LogP contribution in [0.2, 0.25) is 0 Å². The van der Waals surface area contributed by atoms with Crippen LogP contribution in [0.1, 0.15) is 11.1 Å². The van der Waals surface area contributed by atoms with Crippen LogP contribution in [-0.4, -0.2) is 18.7 Å². The molecule has 4 heterocycles. The predicted octanol–water partition coefficient (Wildman–Crippen LogP) is 11.8. The van der Waals surface area contributed by atoms with Crippen molar-refractivity contribution >= 4 is 65.4 Å². The molecule has 11 rings (SSSR count). The number of benzene rings is 7. The van der Waals surface area contributed by atoms with Gasteiger partial charge in [-0.25, -0.2) is 0 Å².